The molecule has 1 aromatic carbocycles. The first-order valence-electron chi connectivity index (χ1n) is 8.68. The highest BCUT2D eigenvalue weighted by atomic mass is 16.5. The average molecular weight is 324 g/mol. The van der Waals surface area contributed by atoms with E-state index in [1.165, 1.54) is 0 Å². The summed E-state index contributed by atoms with van der Waals surface area (Å²) < 4.78 is 5.98. The van der Waals surface area contributed by atoms with Gasteiger partial charge in [-0.2, -0.15) is 0 Å². The maximum Gasteiger partial charge on any atom is 0.230 e. The van der Waals surface area contributed by atoms with Crippen LogP contribution in [0.3, 0.4) is 0 Å². The summed E-state index contributed by atoms with van der Waals surface area (Å²) in [7, 11) is 0. The third-order valence-corrected chi connectivity index (χ3v) is 4.61. The standard InChI is InChI=1S/C20H24N2O2/c1-2-19(16-6-4-3-5-7-16)20(23)22-14-10-18(11-15-22)24-17-8-12-21-13-9-17/h3-9,12-13,18-19H,2,10-11,14-15H2,1H3/t19-/m1/s1. The average Bonchev–Trinajstić information content (AvgIpc) is 2.65. The van der Waals surface area contributed by atoms with Crippen LogP contribution in [0.5, 0.6) is 5.75 Å². The Bertz CT molecular complexity index is 637. The molecule has 24 heavy (non-hydrogen) atoms. The lowest BCUT2D eigenvalue weighted by Crippen LogP contribution is -2.43. The van der Waals surface area contributed by atoms with Crippen molar-refractivity contribution in [3.05, 3.63) is 60.4 Å². The van der Waals surface area contributed by atoms with Gasteiger partial charge in [-0.1, -0.05) is 37.3 Å². The van der Waals surface area contributed by atoms with Gasteiger partial charge >= 0.3 is 0 Å². The van der Waals surface area contributed by atoms with Crippen molar-refractivity contribution in [1.82, 2.24) is 9.88 Å². The highest BCUT2D eigenvalue weighted by Gasteiger charge is 2.28. The molecule has 1 aromatic heterocycles. The van der Waals surface area contributed by atoms with Crippen molar-refractivity contribution in [2.75, 3.05) is 13.1 Å². The maximum atomic E-state index is 12.9. The molecule has 0 saturated carbocycles. The van der Waals surface area contributed by atoms with Gasteiger partial charge in [0.15, 0.2) is 0 Å². The van der Waals surface area contributed by atoms with Gasteiger partial charge in [0.1, 0.15) is 11.9 Å². The monoisotopic (exact) mass is 324 g/mol. The van der Waals surface area contributed by atoms with Gasteiger partial charge in [-0.05, 0) is 24.1 Å². The number of hydrogen-bond donors (Lipinski definition) is 0. The number of piperidine rings is 1. The molecule has 126 valence electrons. The minimum absolute atomic E-state index is 0.0381. The number of benzene rings is 1. The largest absolute Gasteiger partial charge is 0.490 e. The summed E-state index contributed by atoms with van der Waals surface area (Å²) in [4.78, 5) is 18.9. The maximum absolute atomic E-state index is 12.9. The molecule has 0 bridgehead atoms. The van der Waals surface area contributed by atoms with E-state index in [2.05, 4.69) is 11.9 Å². The van der Waals surface area contributed by atoms with Crippen LogP contribution in [0.25, 0.3) is 0 Å². The van der Waals surface area contributed by atoms with E-state index >= 15 is 0 Å². The normalized spacial score (nSPS) is 16.6. The van der Waals surface area contributed by atoms with Crippen LogP contribution < -0.4 is 4.74 Å². The Kier molecular flexibility index (Phi) is 5.47. The van der Waals surface area contributed by atoms with E-state index in [1.54, 1.807) is 12.4 Å². The lowest BCUT2D eigenvalue weighted by Gasteiger charge is -2.34. The molecule has 1 atom stereocenters. The van der Waals surface area contributed by atoms with Crippen molar-refractivity contribution in [2.24, 2.45) is 0 Å². The zero-order chi connectivity index (χ0) is 16.8. The lowest BCUT2D eigenvalue weighted by molar-refractivity contribution is -0.134. The van der Waals surface area contributed by atoms with E-state index in [4.69, 9.17) is 4.74 Å². The Hall–Kier alpha value is -2.36. The molecule has 4 heteroatoms. The molecule has 1 saturated heterocycles. The van der Waals surface area contributed by atoms with Gasteiger partial charge in [0.05, 0.1) is 5.92 Å². The number of likely N-dealkylation sites (tertiary alicyclic amines) is 1. The summed E-state index contributed by atoms with van der Waals surface area (Å²) >= 11 is 0. The topological polar surface area (TPSA) is 42.4 Å². The van der Waals surface area contributed by atoms with Gasteiger partial charge in [0, 0.05) is 38.3 Å². The van der Waals surface area contributed by atoms with Crippen LogP contribution in [0, 0.1) is 0 Å². The number of aromatic nitrogens is 1. The third-order valence-electron chi connectivity index (χ3n) is 4.61. The van der Waals surface area contributed by atoms with Gasteiger partial charge in [-0.25, -0.2) is 0 Å². The van der Waals surface area contributed by atoms with Crippen LogP contribution >= 0.6 is 0 Å². The van der Waals surface area contributed by atoms with E-state index in [1.807, 2.05) is 47.4 Å². The second-order valence-electron chi connectivity index (χ2n) is 6.20. The second-order valence-corrected chi connectivity index (χ2v) is 6.20. The molecule has 0 unspecified atom stereocenters. The van der Waals surface area contributed by atoms with Crippen LogP contribution in [0.1, 0.15) is 37.7 Å². The van der Waals surface area contributed by atoms with Crippen LogP contribution in [-0.4, -0.2) is 35.0 Å². The van der Waals surface area contributed by atoms with E-state index in [0.717, 1.165) is 43.7 Å². The predicted molar refractivity (Wildman–Crippen MR) is 93.9 cm³/mol. The molecular formula is C20H24N2O2. The first-order valence-corrected chi connectivity index (χ1v) is 8.68. The Morgan fingerprint density at radius 1 is 1.17 bits per heavy atom. The second kappa shape index (κ2) is 7.95. The fraction of sp³-hybridized carbons (Fsp3) is 0.400. The lowest BCUT2D eigenvalue weighted by atomic mass is 9.94. The SMILES string of the molecule is CC[C@@H](C(=O)N1CCC(Oc2ccncc2)CC1)c1ccccc1. The summed E-state index contributed by atoms with van der Waals surface area (Å²) in [5.41, 5.74) is 1.11. The van der Waals surface area contributed by atoms with Crippen molar-refractivity contribution in [1.29, 1.82) is 0 Å². The molecule has 1 aliphatic rings. The zero-order valence-corrected chi connectivity index (χ0v) is 14.1. The summed E-state index contributed by atoms with van der Waals surface area (Å²) in [5, 5.41) is 0. The van der Waals surface area contributed by atoms with Gasteiger partial charge in [-0.15, -0.1) is 0 Å². The van der Waals surface area contributed by atoms with Crippen molar-refractivity contribution in [2.45, 2.75) is 38.2 Å². The van der Waals surface area contributed by atoms with Gasteiger partial charge in [-0.3, -0.25) is 9.78 Å². The Morgan fingerprint density at radius 3 is 2.46 bits per heavy atom. The molecule has 0 spiro atoms. The van der Waals surface area contributed by atoms with Crippen molar-refractivity contribution in [3.63, 3.8) is 0 Å². The smallest absolute Gasteiger partial charge is 0.230 e. The third kappa shape index (κ3) is 3.94. The van der Waals surface area contributed by atoms with Crippen molar-refractivity contribution in [3.8, 4) is 5.75 Å². The Labute approximate surface area is 143 Å². The Balaban J connectivity index is 1.56. The predicted octanol–water partition coefficient (Wildman–Crippen LogP) is 3.65. The molecule has 0 radical (unpaired) electrons. The molecule has 4 nitrogen and oxygen atoms in total. The van der Waals surface area contributed by atoms with Crippen LogP contribution in [0.2, 0.25) is 0 Å². The minimum Gasteiger partial charge on any atom is -0.490 e. The van der Waals surface area contributed by atoms with Crippen LogP contribution in [0.15, 0.2) is 54.9 Å². The summed E-state index contributed by atoms with van der Waals surface area (Å²) in [6.45, 7) is 3.60. The Morgan fingerprint density at radius 2 is 1.83 bits per heavy atom. The molecule has 1 aliphatic heterocycles. The number of pyridine rings is 1. The molecule has 1 amide bonds. The first-order chi connectivity index (χ1) is 11.8. The summed E-state index contributed by atoms with van der Waals surface area (Å²) in [6.07, 6.45) is 6.22. The highest BCUT2D eigenvalue weighted by molar-refractivity contribution is 5.83. The number of nitrogens with zero attached hydrogens (tertiary/aromatic N) is 2. The van der Waals surface area contributed by atoms with Gasteiger partial charge in [0.2, 0.25) is 5.91 Å². The number of amides is 1. The van der Waals surface area contributed by atoms with Gasteiger partial charge in [0.25, 0.3) is 0 Å². The minimum atomic E-state index is -0.0381. The van der Waals surface area contributed by atoms with E-state index in [9.17, 15) is 4.79 Å². The van der Waals surface area contributed by atoms with Crippen LogP contribution in [-0.2, 0) is 4.79 Å². The molecule has 1 fully saturated rings. The van der Waals surface area contributed by atoms with Gasteiger partial charge < -0.3 is 9.64 Å². The fourth-order valence-corrected chi connectivity index (χ4v) is 3.26. The van der Waals surface area contributed by atoms with Crippen molar-refractivity contribution >= 4 is 5.91 Å². The molecule has 0 N–H and O–H groups in total. The molecular weight excluding hydrogens is 300 g/mol. The quantitative estimate of drug-likeness (QED) is 0.843. The molecule has 2 heterocycles. The van der Waals surface area contributed by atoms with Crippen LogP contribution in [0.4, 0.5) is 0 Å². The number of carbonyl (C=O) groups excluding carboxylic acids is 1. The zero-order valence-electron chi connectivity index (χ0n) is 14.1. The highest BCUT2D eigenvalue weighted by Crippen LogP contribution is 2.25. The van der Waals surface area contributed by atoms with E-state index in [-0.39, 0.29) is 17.9 Å². The molecule has 2 aromatic rings. The number of ether oxygens (including phenoxy) is 1. The first kappa shape index (κ1) is 16.5. The number of hydrogen-bond acceptors (Lipinski definition) is 3. The summed E-state index contributed by atoms with van der Waals surface area (Å²) in [5.74, 6) is 1.06. The fourth-order valence-electron chi connectivity index (χ4n) is 3.26. The number of carbonyl (C=O) groups is 1. The van der Waals surface area contributed by atoms with Crippen molar-refractivity contribution < 1.29 is 9.53 Å². The summed E-state index contributed by atoms with van der Waals surface area (Å²) in [6, 6.07) is 13.8. The van der Waals surface area contributed by atoms with E-state index in [0.29, 0.717) is 0 Å². The molecule has 3 rings (SSSR count). The molecule has 0 aliphatic carbocycles. The van der Waals surface area contributed by atoms with E-state index < -0.39 is 0 Å². The number of rotatable bonds is 5.